The molecular weight excluding hydrogens is 749 g/mol. The summed E-state index contributed by atoms with van der Waals surface area (Å²) in [6.07, 6.45) is 5.65. The maximum Gasteiger partial charge on any atom is 0.309 e. The van der Waals surface area contributed by atoms with Gasteiger partial charge in [0.15, 0.2) is 0 Å². The normalized spacial score (nSPS) is 46.1. The van der Waals surface area contributed by atoms with E-state index < -0.39 is 21.7 Å². The second-order valence-electron chi connectivity index (χ2n) is 19.8. The van der Waals surface area contributed by atoms with Gasteiger partial charge in [-0.15, -0.1) is 0 Å². The van der Waals surface area contributed by atoms with Crippen molar-refractivity contribution in [3.8, 4) is 11.5 Å². The van der Waals surface area contributed by atoms with Crippen molar-refractivity contribution in [2.24, 2.45) is 92.7 Å². The second-order valence-corrected chi connectivity index (χ2v) is 19.8. The number of allylic oxidation sites excluding steroid dienone is 2. The van der Waals surface area contributed by atoms with Crippen LogP contribution in [-0.4, -0.2) is 95.2 Å². The molecule has 6 bridgehead atoms. The molecule has 0 N–H and O–H groups in total. The van der Waals surface area contributed by atoms with Gasteiger partial charge < -0.3 is 37.9 Å². The van der Waals surface area contributed by atoms with E-state index in [0.29, 0.717) is 26.4 Å². The molecule has 3 aromatic carbocycles. The molecule has 3 aromatic rings. The van der Waals surface area contributed by atoms with Crippen LogP contribution >= 0.6 is 0 Å². The predicted octanol–water partition coefficient (Wildman–Crippen LogP) is 6.52. The minimum absolute atomic E-state index is 0.0162. The number of methoxy groups -OCH3 is 8. The van der Waals surface area contributed by atoms with Crippen molar-refractivity contribution in [1.82, 2.24) is 0 Å². The number of carbonyl (C=O) groups excluding carboxylic acids is 2. The monoisotopic (exact) mass is 804 g/mol. The zero-order valence-corrected chi connectivity index (χ0v) is 35.3. The molecule has 7 fully saturated rings. The van der Waals surface area contributed by atoms with E-state index in [1.54, 1.807) is 21.3 Å². The van der Waals surface area contributed by atoms with E-state index in [1.165, 1.54) is 18.2 Å². The molecule has 0 aliphatic heterocycles. The average Bonchev–Trinajstić information content (AvgIpc) is 4.00. The lowest BCUT2D eigenvalue weighted by Gasteiger charge is -2.83. The van der Waals surface area contributed by atoms with Crippen LogP contribution in [-0.2, 0) is 38.0 Å². The first kappa shape index (κ1) is 37.1. The van der Waals surface area contributed by atoms with Gasteiger partial charge in [-0.3, -0.25) is 9.59 Å². The van der Waals surface area contributed by atoms with Crippen LogP contribution in [0, 0.1) is 92.7 Å². The van der Waals surface area contributed by atoms with Crippen LogP contribution in [0.4, 0.5) is 0 Å². The zero-order chi connectivity index (χ0) is 40.7. The highest BCUT2D eigenvalue weighted by molar-refractivity contribution is 6.05. The van der Waals surface area contributed by atoms with Crippen molar-refractivity contribution in [2.75, 3.05) is 83.3 Å². The van der Waals surface area contributed by atoms with Gasteiger partial charge in [0.05, 0.1) is 66.7 Å². The largest absolute Gasteiger partial charge is 0.496 e. The highest BCUT2D eigenvalue weighted by atomic mass is 16.5. The number of benzene rings is 3. The number of hydrogen-bond donors (Lipinski definition) is 0. The smallest absolute Gasteiger partial charge is 0.309 e. The van der Waals surface area contributed by atoms with Gasteiger partial charge >= 0.3 is 11.9 Å². The summed E-state index contributed by atoms with van der Waals surface area (Å²) in [7, 11) is 14.0. The molecule has 0 saturated heterocycles. The Morgan fingerprint density at radius 1 is 0.525 bits per heavy atom. The van der Waals surface area contributed by atoms with Crippen LogP contribution in [0.2, 0.25) is 0 Å². The fourth-order valence-electron chi connectivity index (χ4n) is 19.4. The molecule has 12 rings (SSSR count). The van der Waals surface area contributed by atoms with Crippen LogP contribution < -0.4 is 9.47 Å². The molecule has 0 spiro atoms. The number of rotatable bonds is 12. The van der Waals surface area contributed by atoms with Crippen LogP contribution in [0.1, 0.15) is 29.4 Å². The standard InChI is InChI=1S/C49H56O10/c1-52-18-46-34-24-13-14-25(24)35(32(34)44(50)58-7)47(46,19-53-2)41-39-33(45(51)59-8)38(40(41)46)48(20-54-3)36-28-17-29(37(36)49(39,48)21-55-4)31-30(28)42(56-5)26-15-22-11-9-10-12-23(22)16-27(26)43(31)57-6/h9-16,24-25,28-29,32-41H,17-21H2,1-8H3/t24-,25+,28+,29-,32?,33?,34+,35-,36+,37-,38-,39+,40+,41-,46-,47+,48+,49-. The number of esters is 2. The van der Waals surface area contributed by atoms with Gasteiger partial charge in [-0.05, 0) is 100 Å². The average molecular weight is 805 g/mol. The Bertz CT molecular complexity index is 2230. The van der Waals surface area contributed by atoms with Crippen LogP contribution in [0.5, 0.6) is 11.5 Å². The molecule has 0 heterocycles. The number of hydrogen-bond acceptors (Lipinski definition) is 10. The van der Waals surface area contributed by atoms with Gasteiger partial charge in [-0.2, -0.15) is 0 Å². The summed E-state index contributed by atoms with van der Waals surface area (Å²) in [6.45, 7) is 2.00. The summed E-state index contributed by atoms with van der Waals surface area (Å²) in [4.78, 5) is 29.1. The molecule has 9 aliphatic carbocycles. The van der Waals surface area contributed by atoms with Crippen molar-refractivity contribution in [1.29, 1.82) is 0 Å². The van der Waals surface area contributed by atoms with E-state index in [2.05, 4.69) is 48.6 Å². The molecule has 0 amide bonds. The van der Waals surface area contributed by atoms with Crippen LogP contribution in [0.25, 0.3) is 21.5 Å². The molecule has 10 nitrogen and oxygen atoms in total. The summed E-state index contributed by atoms with van der Waals surface area (Å²) >= 11 is 0. The van der Waals surface area contributed by atoms with E-state index in [4.69, 9.17) is 37.9 Å². The van der Waals surface area contributed by atoms with Crippen LogP contribution in [0.15, 0.2) is 48.6 Å². The third kappa shape index (κ3) is 3.49. The highest BCUT2D eigenvalue weighted by Gasteiger charge is 3.00. The van der Waals surface area contributed by atoms with Crippen LogP contribution in [0.3, 0.4) is 0 Å². The summed E-state index contributed by atoms with van der Waals surface area (Å²) in [5.41, 5.74) is 0.855. The maximum atomic E-state index is 14.9. The highest BCUT2D eigenvalue weighted by Crippen LogP contribution is 3.00. The number of fused-ring (bicyclic) bond motifs is 30. The van der Waals surface area contributed by atoms with E-state index in [-0.39, 0.29) is 94.8 Å². The summed E-state index contributed by atoms with van der Waals surface area (Å²) in [6, 6.07) is 13.0. The maximum absolute atomic E-state index is 14.9. The first-order valence-electron chi connectivity index (χ1n) is 21.7. The Morgan fingerprint density at radius 3 is 1.24 bits per heavy atom. The molecule has 7 saturated carbocycles. The van der Waals surface area contributed by atoms with E-state index >= 15 is 0 Å². The summed E-state index contributed by atoms with van der Waals surface area (Å²) in [5.74, 6) is 2.27. The van der Waals surface area contributed by atoms with Gasteiger partial charge in [0.1, 0.15) is 11.5 Å². The fourth-order valence-corrected chi connectivity index (χ4v) is 19.4. The van der Waals surface area contributed by atoms with Crippen molar-refractivity contribution in [3.63, 3.8) is 0 Å². The molecular formula is C49H56O10. The van der Waals surface area contributed by atoms with E-state index in [1.807, 2.05) is 28.4 Å². The Hall–Kier alpha value is -3.70. The van der Waals surface area contributed by atoms with Gasteiger partial charge in [0.2, 0.25) is 0 Å². The first-order valence-corrected chi connectivity index (χ1v) is 21.7. The lowest BCUT2D eigenvalue weighted by atomic mass is 9.21. The topological polar surface area (TPSA) is 108 Å². The predicted molar refractivity (Wildman–Crippen MR) is 217 cm³/mol. The zero-order valence-electron chi connectivity index (χ0n) is 35.3. The minimum atomic E-state index is -0.418. The first-order chi connectivity index (χ1) is 28.8. The lowest BCUT2D eigenvalue weighted by molar-refractivity contribution is -0.386. The van der Waals surface area contributed by atoms with Crippen molar-refractivity contribution in [3.05, 3.63) is 59.7 Å². The minimum Gasteiger partial charge on any atom is -0.496 e. The molecule has 10 heteroatoms. The Kier molecular flexibility index (Phi) is 7.56. The van der Waals surface area contributed by atoms with Gasteiger partial charge in [-0.25, -0.2) is 0 Å². The molecule has 18 atom stereocenters. The van der Waals surface area contributed by atoms with Gasteiger partial charge in [-0.1, -0.05) is 36.4 Å². The Morgan fingerprint density at radius 2 is 0.898 bits per heavy atom. The summed E-state index contributed by atoms with van der Waals surface area (Å²) in [5, 5.41) is 4.45. The van der Waals surface area contributed by atoms with E-state index in [9.17, 15) is 9.59 Å². The molecule has 2 unspecified atom stereocenters. The van der Waals surface area contributed by atoms with Crippen molar-refractivity contribution < 1.29 is 47.5 Å². The lowest BCUT2D eigenvalue weighted by Crippen LogP contribution is -2.83. The van der Waals surface area contributed by atoms with Gasteiger partial charge in [0, 0.05) is 72.0 Å². The third-order valence-electron chi connectivity index (χ3n) is 19.6. The van der Waals surface area contributed by atoms with E-state index in [0.717, 1.165) is 39.5 Å². The van der Waals surface area contributed by atoms with Crippen molar-refractivity contribution >= 4 is 33.5 Å². The Balaban J connectivity index is 1.12. The molecule has 0 radical (unpaired) electrons. The fraction of sp³-hybridized carbons (Fsp3) is 0.633. The quantitative estimate of drug-likeness (QED) is 0.0661. The molecule has 0 aromatic heterocycles. The molecule has 9 aliphatic rings. The SMILES string of the molecule is COC[C@@]12[C@@H]3[C@@H]([C@@H]4C(C(=O)OC)[C@H]3[C@]3(COC)[C@@H]5[C@@H]([C@@H]6C[C@H]5c5c6c(OC)c6cc7ccccc7cc6c5OC)[C@]43COC)[C@]1(COC)[C@H]1C(C(=O)OC)[C@@H]2[C@@H]2C=C[C@@H]21. The van der Waals surface area contributed by atoms with Gasteiger partial charge in [0.25, 0.3) is 0 Å². The number of ether oxygens (including phenoxy) is 8. The second kappa shape index (κ2) is 12.0. The molecule has 312 valence electrons. The Labute approximate surface area is 345 Å². The third-order valence-corrected chi connectivity index (χ3v) is 19.6. The summed E-state index contributed by atoms with van der Waals surface area (Å²) < 4.78 is 50.5. The number of carbonyl (C=O) groups is 2. The van der Waals surface area contributed by atoms with Crippen molar-refractivity contribution in [2.45, 2.75) is 18.3 Å². The molecule has 59 heavy (non-hydrogen) atoms.